The summed E-state index contributed by atoms with van der Waals surface area (Å²) in [7, 11) is 2.35. The predicted molar refractivity (Wildman–Crippen MR) is 72.9 cm³/mol. The van der Waals surface area contributed by atoms with Crippen LogP contribution < -0.4 is 5.32 Å². The Morgan fingerprint density at radius 1 is 1.45 bits per heavy atom. The minimum Gasteiger partial charge on any atom is -0.377 e. The first kappa shape index (κ1) is 16.9. The van der Waals surface area contributed by atoms with Crippen molar-refractivity contribution in [2.45, 2.75) is 24.3 Å². The second-order valence-electron chi connectivity index (χ2n) is 4.73. The number of hydrogen-bond acceptors (Lipinski definition) is 4. The van der Waals surface area contributed by atoms with Crippen molar-refractivity contribution in [2.75, 3.05) is 13.7 Å². The Morgan fingerprint density at radius 3 is 2.55 bits per heavy atom. The van der Waals surface area contributed by atoms with Crippen LogP contribution >= 0.6 is 10.7 Å². The van der Waals surface area contributed by atoms with E-state index in [1.165, 1.54) is 13.2 Å². The Bertz CT molecular complexity index is 616. The summed E-state index contributed by atoms with van der Waals surface area (Å²) >= 11 is 0. The van der Waals surface area contributed by atoms with Gasteiger partial charge in [0.2, 0.25) is 0 Å². The van der Waals surface area contributed by atoms with Crippen LogP contribution in [0.1, 0.15) is 24.2 Å². The average molecular weight is 324 g/mol. The van der Waals surface area contributed by atoms with Gasteiger partial charge in [-0.25, -0.2) is 12.8 Å². The van der Waals surface area contributed by atoms with Crippen LogP contribution in [0, 0.1) is 5.82 Å². The number of methoxy groups -OCH3 is 1. The van der Waals surface area contributed by atoms with Gasteiger partial charge in [-0.15, -0.1) is 0 Å². The zero-order valence-corrected chi connectivity index (χ0v) is 12.8. The summed E-state index contributed by atoms with van der Waals surface area (Å²) in [4.78, 5) is 11.1. The lowest BCUT2D eigenvalue weighted by Crippen LogP contribution is -2.39. The predicted octanol–water partition coefficient (Wildman–Crippen LogP) is 1.91. The fourth-order valence-corrected chi connectivity index (χ4v) is 2.22. The van der Waals surface area contributed by atoms with Crippen molar-refractivity contribution in [3.8, 4) is 0 Å². The quantitative estimate of drug-likeness (QED) is 0.840. The van der Waals surface area contributed by atoms with Crippen LogP contribution in [0.4, 0.5) is 4.39 Å². The van der Waals surface area contributed by atoms with Crippen molar-refractivity contribution in [1.29, 1.82) is 0 Å². The molecule has 0 spiro atoms. The van der Waals surface area contributed by atoms with Crippen molar-refractivity contribution in [2.24, 2.45) is 0 Å². The van der Waals surface area contributed by atoms with Crippen LogP contribution in [-0.4, -0.2) is 33.6 Å². The van der Waals surface area contributed by atoms with Gasteiger partial charge < -0.3 is 10.1 Å². The number of amides is 1. The van der Waals surface area contributed by atoms with Crippen LogP contribution in [-0.2, 0) is 13.8 Å². The maximum absolute atomic E-state index is 13.3. The molecule has 1 aromatic rings. The van der Waals surface area contributed by atoms with Crippen molar-refractivity contribution in [3.63, 3.8) is 0 Å². The molecule has 1 N–H and O–H groups in total. The monoisotopic (exact) mass is 323 g/mol. The van der Waals surface area contributed by atoms with Gasteiger partial charge in [-0.1, -0.05) is 0 Å². The summed E-state index contributed by atoms with van der Waals surface area (Å²) in [5.74, 6) is -1.55. The van der Waals surface area contributed by atoms with Crippen LogP contribution in [0.5, 0.6) is 0 Å². The standard InChI is InChI=1S/C12H15ClFNO4S/c1-12(2,19-3)7-15-11(16)8-4-5-9(14)10(6-8)20(13,17)18/h4-6H,7H2,1-3H3,(H,15,16). The molecule has 0 saturated heterocycles. The van der Waals surface area contributed by atoms with Gasteiger partial charge in [-0.2, -0.15) is 0 Å². The maximum Gasteiger partial charge on any atom is 0.264 e. The van der Waals surface area contributed by atoms with Gasteiger partial charge in [0.1, 0.15) is 10.7 Å². The molecule has 0 saturated carbocycles. The molecule has 0 aliphatic carbocycles. The minimum absolute atomic E-state index is 0.00229. The first-order valence-corrected chi connectivity index (χ1v) is 7.95. The lowest BCUT2D eigenvalue weighted by Gasteiger charge is -2.23. The first-order chi connectivity index (χ1) is 9.07. The Labute approximate surface area is 121 Å². The highest BCUT2D eigenvalue weighted by Gasteiger charge is 2.21. The molecule has 0 fully saturated rings. The van der Waals surface area contributed by atoms with Gasteiger partial charge in [-0.05, 0) is 32.0 Å². The third-order valence-corrected chi connectivity index (χ3v) is 4.02. The van der Waals surface area contributed by atoms with Gasteiger partial charge in [0.15, 0.2) is 0 Å². The Balaban J connectivity index is 2.96. The Kier molecular flexibility index (Phi) is 5.12. The summed E-state index contributed by atoms with van der Waals surface area (Å²) in [6.07, 6.45) is 0. The molecule has 1 amide bonds. The molecule has 0 aliphatic rings. The van der Waals surface area contributed by atoms with Gasteiger partial charge in [-0.3, -0.25) is 4.79 Å². The summed E-state index contributed by atoms with van der Waals surface area (Å²) < 4.78 is 40.8. The molecule has 0 heterocycles. The Morgan fingerprint density at radius 2 is 2.05 bits per heavy atom. The molecule has 5 nitrogen and oxygen atoms in total. The van der Waals surface area contributed by atoms with Crippen molar-refractivity contribution >= 4 is 25.6 Å². The summed E-state index contributed by atoms with van der Waals surface area (Å²) in [6.45, 7) is 3.75. The largest absolute Gasteiger partial charge is 0.377 e. The first-order valence-electron chi connectivity index (χ1n) is 5.64. The summed E-state index contributed by atoms with van der Waals surface area (Å²) in [6, 6.07) is 2.95. The number of hydrogen-bond donors (Lipinski definition) is 1. The Hall–Kier alpha value is -1.18. The van der Waals surface area contributed by atoms with Gasteiger partial charge >= 0.3 is 0 Å². The topological polar surface area (TPSA) is 72.5 Å². The summed E-state index contributed by atoms with van der Waals surface area (Å²) in [5.41, 5.74) is -0.575. The molecular formula is C12H15ClFNO4S. The van der Waals surface area contributed by atoms with Crippen LogP contribution in [0.25, 0.3) is 0 Å². The van der Waals surface area contributed by atoms with E-state index in [0.29, 0.717) is 0 Å². The normalized spacial score (nSPS) is 12.2. The zero-order valence-electron chi connectivity index (χ0n) is 11.2. The van der Waals surface area contributed by atoms with E-state index in [4.69, 9.17) is 15.4 Å². The zero-order chi connectivity index (χ0) is 15.6. The van der Waals surface area contributed by atoms with E-state index in [1.54, 1.807) is 13.8 Å². The van der Waals surface area contributed by atoms with E-state index < -0.39 is 31.3 Å². The van der Waals surface area contributed by atoms with Crippen LogP contribution in [0.2, 0.25) is 0 Å². The lowest BCUT2D eigenvalue weighted by atomic mass is 10.1. The third kappa shape index (κ3) is 4.43. The van der Waals surface area contributed by atoms with Crippen molar-refractivity contribution < 1.29 is 22.3 Å². The molecule has 112 valence electrons. The number of halogens is 2. The fraction of sp³-hybridized carbons (Fsp3) is 0.417. The molecule has 0 unspecified atom stereocenters. The van der Waals surface area contributed by atoms with E-state index in [2.05, 4.69) is 5.32 Å². The van der Waals surface area contributed by atoms with E-state index in [0.717, 1.165) is 12.1 Å². The number of rotatable bonds is 5. The van der Waals surface area contributed by atoms with E-state index in [-0.39, 0.29) is 12.1 Å². The number of ether oxygens (including phenoxy) is 1. The number of benzene rings is 1. The lowest BCUT2D eigenvalue weighted by molar-refractivity contribution is 0.0228. The SMILES string of the molecule is COC(C)(C)CNC(=O)c1ccc(F)c(S(=O)(=O)Cl)c1. The minimum atomic E-state index is -4.24. The molecule has 1 rings (SSSR count). The summed E-state index contributed by atoms with van der Waals surface area (Å²) in [5, 5.41) is 2.56. The molecular weight excluding hydrogens is 309 g/mol. The molecule has 0 aliphatic heterocycles. The van der Waals surface area contributed by atoms with Crippen LogP contribution in [0.15, 0.2) is 23.1 Å². The molecule has 0 radical (unpaired) electrons. The highest BCUT2D eigenvalue weighted by atomic mass is 35.7. The molecule has 8 heteroatoms. The van der Waals surface area contributed by atoms with Gasteiger partial charge in [0, 0.05) is 29.9 Å². The molecule has 0 bridgehead atoms. The molecule has 1 aromatic carbocycles. The number of carbonyl (C=O) groups is 1. The molecule has 0 atom stereocenters. The molecule has 20 heavy (non-hydrogen) atoms. The van der Waals surface area contributed by atoms with Gasteiger partial charge in [0.05, 0.1) is 5.60 Å². The second kappa shape index (κ2) is 6.07. The van der Waals surface area contributed by atoms with E-state index in [1.807, 2.05) is 0 Å². The van der Waals surface area contributed by atoms with Gasteiger partial charge in [0.25, 0.3) is 15.0 Å². The fourth-order valence-electron chi connectivity index (χ4n) is 1.30. The van der Waals surface area contributed by atoms with Crippen molar-refractivity contribution in [1.82, 2.24) is 5.32 Å². The highest BCUT2D eigenvalue weighted by Crippen LogP contribution is 2.20. The number of nitrogens with one attached hydrogen (secondary N) is 1. The average Bonchev–Trinajstić information content (AvgIpc) is 2.35. The van der Waals surface area contributed by atoms with E-state index >= 15 is 0 Å². The number of carbonyl (C=O) groups excluding carboxylic acids is 1. The van der Waals surface area contributed by atoms with E-state index in [9.17, 15) is 17.6 Å². The second-order valence-corrected chi connectivity index (χ2v) is 7.26. The smallest absolute Gasteiger partial charge is 0.264 e. The molecule has 0 aromatic heterocycles. The van der Waals surface area contributed by atoms with Crippen molar-refractivity contribution in [3.05, 3.63) is 29.6 Å². The maximum atomic E-state index is 13.3. The highest BCUT2D eigenvalue weighted by molar-refractivity contribution is 8.13. The third-order valence-electron chi connectivity index (χ3n) is 2.68. The van der Waals surface area contributed by atoms with Crippen LogP contribution in [0.3, 0.4) is 0 Å².